The third-order valence-electron chi connectivity index (χ3n) is 6.82. The first-order valence-electron chi connectivity index (χ1n) is 11.5. The zero-order valence-electron chi connectivity index (χ0n) is 18.4. The van der Waals surface area contributed by atoms with Crippen LogP contribution >= 0.6 is 0 Å². The molecule has 33 heavy (non-hydrogen) atoms. The molecule has 0 aliphatic carbocycles. The third-order valence-corrected chi connectivity index (χ3v) is 8.66. The van der Waals surface area contributed by atoms with Gasteiger partial charge in [0.1, 0.15) is 4.90 Å². The first-order valence-corrected chi connectivity index (χ1v) is 12.9. The summed E-state index contributed by atoms with van der Waals surface area (Å²) in [6, 6.07) is 14.6. The van der Waals surface area contributed by atoms with E-state index in [2.05, 4.69) is 16.3 Å². The Labute approximate surface area is 194 Å². The summed E-state index contributed by atoms with van der Waals surface area (Å²) >= 11 is 0. The Balaban J connectivity index is 1.11. The van der Waals surface area contributed by atoms with Gasteiger partial charge in [-0.05, 0) is 56.0 Å². The summed E-state index contributed by atoms with van der Waals surface area (Å²) in [4.78, 5) is 29.4. The first kappa shape index (κ1) is 21.9. The van der Waals surface area contributed by atoms with Crippen LogP contribution in [0, 0.1) is 0 Å². The number of nitrogens with one attached hydrogen (secondary N) is 1. The van der Waals surface area contributed by atoms with Crippen LogP contribution in [0.25, 0.3) is 0 Å². The van der Waals surface area contributed by atoms with Gasteiger partial charge >= 0.3 is 6.03 Å². The summed E-state index contributed by atoms with van der Waals surface area (Å²) in [5.74, 6) is -0.425. The second-order valence-electron chi connectivity index (χ2n) is 8.82. The van der Waals surface area contributed by atoms with E-state index in [0.717, 1.165) is 54.5 Å². The van der Waals surface area contributed by atoms with Crippen LogP contribution in [0.1, 0.15) is 41.6 Å². The second-order valence-corrected chi connectivity index (χ2v) is 10.6. The zero-order valence-corrected chi connectivity index (χ0v) is 19.3. The molecule has 0 saturated carbocycles. The highest BCUT2D eigenvalue weighted by Gasteiger charge is 2.40. The Morgan fingerprint density at radius 1 is 0.909 bits per heavy atom. The van der Waals surface area contributed by atoms with Crippen molar-refractivity contribution in [3.05, 3.63) is 59.7 Å². The normalized spacial score (nSPS) is 20.5. The highest BCUT2D eigenvalue weighted by Crippen LogP contribution is 2.31. The highest BCUT2D eigenvalue weighted by atomic mass is 32.2. The smallest absolute Gasteiger partial charge is 0.322 e. The standard InChI is InChI=1S/C24H28N4O4S/c29-23-20-8-2-4-10-22(20)33(31,32)27(23)14-6-5-13-26-15-11-19(12-16-26)28-21-9-3-1-7-18(21)17-25-24(28)30/h1-4,7-10,19H,5-6,11-17H2,(H,25,30). The van der Waals surface area contributed by atoms with E-state index in [4.69, 9.17) is 0 Å². The Kier molecular flexibility index (Phi) is 5.84. The van der Waals surface area contributed by atoms with E-state index in [1.165, 1.54) is 6.07 Å². The van der Waals surface area contributed by atoms with Crippen LogP contribution in [0.2, 0.25) is 0 Å². The van der Waals surface area contributed by atoms with E-state index < -0.39 is 15.9 Å². The molecule has 1 N–H and O–H groups in total. The van der Waals surface area contributed by atoms with Crippen molar-refractivity contribution in [1.82, 2.24) is 14.5 Å². The average Bonchev–Trinajstić information content (AvgIpc) is 3.03. The van der Waals surface area contributed by atoms with Crippen molar-refractivity contribution >= 4 is 27.6 Å². The molecule has 3 aliphatic rings. The summed E-state index contributed by atoms with van der Waals surface area (Å²) in [5.41, 5.74) is 2.42. The van der Waals surface area contributed by atoms with Gasteiger partial charge in [-0.2, -0.15) is 0 Å². The quantitative estimate of drug-likeness (QED) is 0.659. The Morgan fingerprint density at radius 2 is 1.61 bits per heavy atom. The number of hydrogen-bond acceptors (Lipinski definition) is 5. The highest BCUT2D eigenvalue weighted by molar-refractivity contribution is 7.90. The molecule has 0 unspecified atom stereocenters. The summed E-state index contributed by atoms with van der Waals surface area (Å²) < 4.78 is 26.3. The average molecular weight is 469 g/mol. The van der Waals surface area contributed by atoms with E-state index in [-0.39, 0.29) is 29.1 Å². The number of anilines is 1. The predicted octanol–water partition coefficient (Wildman–Crippen LogP) is 2.81. The lowest BCUT2D eigenvalue weighted by Gasteiger charge is -2.41. The molecule has 3 amide bonds. The molecule has 5 rings (SSSR count). The number of amides is 3. The van der Waals surface area contributed by atoms with Crippen molar-refractivity contribution < 1.29 is 18.0 Å². The van der Waals surface area contributed by atoms with Crippen LogP contribution in [-0.4, -0.2) is 61.8 Å². The Hall–Kier alpha value is -2.91. The minimum absolute atomic E-state index is 0.0235. The molecule has 9 heteroatoms. The lowest BCUT2D eigenvalue weighted by atomic mass is 10.00. The van der Waals surface area contributed by atoms with Crippen molar-refractivity contribution in [2.24, 2.45) is 0 Å². The summed E-state index contributed by atoms with van der Waals surface area (Å²) in [6.45, 7) is 3.41. The number of carbonyl (C=O) groups excluding carboxylic acids is 2. The van der Waals surface area contributed by atoms with Gasteiger partial charge in [-0.25, -0.2) is 17.5 Å². The number of piperidine rings is 1. The maximum Gasteiger partial charge on any atom is 0.322 e. The number of unbranched alkanes of at least 4 members (excludes halogenated alkanes) is 1. The fourth-order valence-corrected chi connectivity index (χ4v) is 6.67. The molecule has 0 radical (unpaired) electrons. The van der Waals surface area contributed by atoms with Crippen LogP contribution in [0.3, 0.4) is 0 Å². The van der Waals surface area contributed by atoms with Crippen molar-refractivity contribution in [3.63, 3.8) is 0 Å². The lowest BCUT2D eigenvalue weighted by Crippen LogP contribution is -2.53. The van der Waals surface area contributed by atoms with Crippen LogP contribution in [-0.2, 0) is 16.6 Å². The summed E-state index contributed by atoms with van der Waals surface area (Å²) in [7, 11) is -3.72. The molecule has 2 aromatic rings. The zero-order chi connectivity index (χ0) is 23.0. The van der Waals surface area contributed by atoms with E-state index in [1.54, 1.807) is 18.2 Å². The molecule has 3 aliphatic heterocycles. The first-order chi connectivity index (χ1) is 16.0. The SMILES string of the molecule is O=C1NCc2ccccc2N1C1CCN(CCCCN2C(=O)c3ccccc3S2(=O)=O)CC1. The number of nitrogens with zero attached hydrogens (tertiary/aromatic N) is 3. The Bertz CT molecular complexity index is 1170. The van der Waals surface area contributed by atoms with Gasteiger partial charge < -0.3 is 10.2 Å². The number of hydrogen-bond donors (Lipinski definition) is 1. The van der Waals surface area contributed by atoms with Crippen LogP contribution in [0.5, 0.6) is 0 Å². The molecular weight excluding hydrogens is 440 g/mol. The Morgan fingerprint density at radius 3 is 2.39 bits per heavy atom. The predicted molar refractivity (Wildman–Crippen MR) is 125 cm³/mol. The van der Waals surface area contributed by atoms with E-state index in [0.29, 0.717) is 13.0 Å². The molecule has 0 aromatic heterocycles. The van der Waals surface area contributed by atoms with Crippen LogP contribution < -0.4 is 10.2 Å². The van der Waals surface area contributed by atoms with Crippen LogP contribution in [0.4, 0.5) is 10.5 Å². The van der Waals surface area contributed by atoms with Crippen molar-refractivity contribution in [2.75, 3.05) is 31.1 Å². The fraction of sp³-hybridized carbons (Fsp3) is 0.417. The molecule has 0 atom stereocenters. The van der Waals surface area contributed by atoms with Gasteiger partial charge in [-0.15, -0.1) is 0 Å². The van der Waals surface area contributed by atoms with Crippen LogP contribution in [0.15, 0.2) is 53.4 Å². The minimum atomic E-state index is -3.72. The number of benzene rings is 2. The van der Waals surface area contributed by atoms with Gasteiger partial charge in [0.2, 0.25) is 0 Å². The summed E-state index contributed by atoms with van der Waals surface area (Å²) in [5, 5.41) is 2.97. The molecule has 8 nitrogen and oxygen atoms in total. The number of likely N-dealkylation sites (tertiary alicyclic amines) is 1. The summed E-state index contributed by atoms with van der Waals surface area (Å²) in [6.07, 6.45) is 3.24. The van der Waals surface area contributed by atoms with Gasteiger partial charge in [-0.1, -0.05) is 30.3 Å². The van der Waals surface area contributed by atoms with Gasteiger partial charge in [-0.3, -0.25) is 9.69 Å². The molecule has 3 heterocycles. The maximum absolute atomic E-state index is 12.6. The number of sulfonamides is 1. The van der Waals surface area contributed by atoms with Crippen molar-refractivity contribution in [3.8, 4) is 0 Å². The van der Waals surface area contributed by atoms with Gasteiger partial charge in [0, 0.05) is 32.2 Å². The van der Waals surface area contributed by atoms with E-state index in [1.807, 2.05) is 23.1 Å². The number of fused-ring (bicyclic) bond motifs is 2. The van der Waals surface area contributed by atoms with Crippen molar-refractivity contribution in [2.45, 2.75) is 43.2 Å². The topological polar surface area (TPSA) is 90.0 Å². The third kappa shape index (κ3) is 4.00. The molecule has 0 spiro atoms. The molecule has 1 saturated heterocycles. The molecule has 174 valence electrons. The van der Waals surface area contributed by atoms with Gasteiger partial charge in [0.25, 0.3) is 15.9 Å². The fourth-order valence-electron chi connectivity index (χ4n) is 5.07. The number of urea groups is 1. The molecular formula is C24H28N4O4S. The minimum Gasteiger partial charge on any atom is -0.334 e. The van der Waals surface area contributed by atoms with Gasteiger partial charge in [0.05, 0.1) is 11.3 Å². The molecule has 2 aromatic carbocycles. The largest absolute Gasteiger partial charge is 0.334 e. The molecule has 1 fully saturated rings. The lowest BCUT2D eigenvalue weighted by molar-refractivity contribution is 0.0868. The van der Waals surface area contributed by atoms with Gasteiger partial charge in [0.15, 0.2) is 0 Å². The molecule has 0 bridgehead atoms. The maximum atomic E-state index is 12.6. The number of para-hydroxylation sites is 1. The number of rotatable bonds is 6. The van der Waals surface area contributed by atoms with E-state index >= 15 is 0 Å². The van der Waals surface area contributed by atoms with Crippen molar-refractivity contribution in [1.29, 1.82) is 0 Å². The second kappa shape index (κ2) is 8.79. The monoisotopic (exact) mass is 468 g/mol. The number of carbonyl (C=O) groups is 2. The van der Waals surface area contributed by atoms with E-state index in [9.17, 15) is 18.0 Å².